The van der Waals surface area contributed by atoms with Crippen LogP contribution < -0.4 is 0 Å². The number of carbonyl (C=O) groups is 1. The van der Waals surface area contributed by atoms with Gasteiger partial charge < -0.3 is 5.11 Å². The highest BCUT2D eigenvalue weighted by molar-refractivity contribution is 6.18. The zero-order valence-electron chi connectivity index (χ0n) is 7.35. The molecule has 0 spiro atoms. The summed E-state index contributed by atoms with van der Waals surface area (Å²) < 4.78 is 0. The van der Waals surface area contributed by atoms with Gasteiger partial charge in [0.15, 0.2) is 0 Å². The van der Waals surface area contributed by atoms with Gasteiger partial charge in [-0.15, -0.1) is 11.6 Å². The molecule has 1 aliphatic rings. The summed E-state index contributed by atoms with van der Waals surface area (Å²) in [6.45, 7) is 1.65. The van der Waals surface area contributed by atoms with Crippen LogP contribution in [0.5, 0.6) is 0 Å². The minimum absolute atomic E-state index is 0.142. The number of carbonyl (C=O) groups excluding carboxylic acids is 1. The lowest BCUT2D eigenvalue weighted by Crippen LogP contribution is -2.42. The van der Waals surface area contributed by atoms with Crippen LogP contribution in [0, 0.1) is 5.92 Å². The molecule has 1 saturated carbocycles. The fourth-order valence-corrected chi connectivity index (χ4v) is 1.92. The van der Waals surface area contributed by atoms with Gasteiger partial charge in [-0.3, -0.25) is 4.79 Å². The highest BCUT2D eigenvalue weighted by atomic mass is 35.5. The summed E-state index contributed by atoms with van der Waals surface area (Å²) in [5.41, 5.74) is -1.00. The number of aliphatic hydroxyl groups is 1. The largest absolute Gasteiger partial charge is 0.388 e. The van der Waals surface area contributed by atoms with Crippen molar-refractivity contribution in [3.05, 3.63) is 0 Å². The van der Waals surface area contributed by atoms with Crippen molar-refractivity contribution < 1.29 is 9.90 Å². The molecule has 0 radical (unpaired) electrons. The van der Waals surface area contributed by atoms with Crippen LogP contribution >= 0.6 is 11.6 Å². The van der Waals surface area contributed by atoms with E-state index in [-0.39, 0.29) is 17.6 Å². The number of alkyl halides is 1. The Bertz CT molecular complexity index is 177. The maximum atomic E-state index is 11.4. The van der Waals surface area contributed by atoms with Gasteiger partial charge in [-0.1, -0.05) is 6.42 Å². The summed E-state index contributed by atoms with van der Waals surface area (Å²) in [5.74, 6) is 0.0827. The van der Waals surface area contributed by atoms with Gasteiger partial charge in [-0.25, -0.2) is 0 Å². The van der Waals surface area contributed by atoms with Crippen LogP contribution in [0.3, 0.4) is 0 Å². The third kappa shape index (κ3) is 1.99. The molecule has 1 fully saturated rings. The molecule has 0 aromatic heterocycles. The molecule has 2 atom stereocenters. The van der Waals surface area contributed by atoms with Crippen LogP contribution in [-0.4, -0.2) is 22.4 Å². The van der Waals surface area contributed by atoms with Gasteiger partial charge in [0, 0.05) is 12.3 Å². The number of hydrogen-bond acceptors (Lipinski definition) is 2. The fraction of sp³-hybridized carbons (Fsp3) is 0.889. The number of hydrogen-bond donors (Lipinski definition) is 1. The summed E-state index contributed by atoms with van der Waals surface area (Å²) in [5, 5.41) is 9.77. The van der Waals surface area contributed by atoms with Gasteiger partial charge in [0.1, 0.15) is 5.78 Å². The first-order chi connectivity index (χ1) is 5.58. The predicted molar refractivity (Wildman–Crippen MR) is 48.3 cm³/mol. The summed E-state index contributed by atoms with van der Waals surface area (Å²) >= 11 is 5.59. The molecule has 0 aromatic carbocycles. The van der Waals surface area contributed by atoms with Gasteiger partial charge in [0.25, 0.3) is 0 Å². The average molecular weight is 191 g/mol. The molecule has 12 heavy (non-hydrogen) atoms. The van der Waals surface area contributed by atoms with Crippen LogP contribution in [0.15, 0.2) is 0 Å². The van der Waals surface area contributed by atoms with Crippen molar-refractivity contribution in [1.29, 1.82) is 0 Å². The Hall–Kier alpha value is -0.0800. The quantitative estimate of drug-likeness (QED) is 0.674. The molecule has 1 aliphatic carbocycles. The molecule has 3 heteroatoms. The standard InChI is InChI=1S/C9H15ClO2/c1-9(12,6-10)7-4-2-3-5-8(7)11/h7,12H,2-6H2,1H3/t7-,9+/m1/s1. The van der Waals surface area contributed by atoms with E-state index in [4.69, 9.17) is 11.6 Å². The lowest BCUT2D eigenvalue weighted by molar-refractivity contribution is -0.132. The van der Waals surface area contributed by atoms with E-state index in [0.29, 0.717) is 6.42 Å². The molecule has 0 saturated heterocycles. The molecule has 0 heterocycles. The highest BCUT2D eigenvalue weighted by Gasteiger charge is 2.37. The van der Waals surface area contributed by atoms with E-state index in [1.165, 1.54) is 0 Å². The first-order valence-corrected chi connectivity index (χ1v) is 4.92. The molecule has 0 unspecified atom stereocenters. The van der Waals surface area contributed by atoms with Crippen LogP contribution in [0.4, 0.5) is 0 Å². The number of rotatable bonds is 2. The normalized spacial score (nSPS) is 29.9. The van der Waals surface area contributed by atoms with Crippen molar-refractivity contribution in [3.8, 4) is 0 Å². The first-order valence-electron chi connectivity index (χ1n) is 4.39. The van der Waals surface area contributed by atoms with E-state index in [9.17, 15) is 9.90 Å². The van der Waals surface area contributed by atoms with Crippen molar-refractivity contribution in [2.24, 2.45) is 5.92 Å². The van der Waals surface area contributed by atoms with Crippen molar-refractivity contribution in [3.63, 3.8) is 0 Å². The Kier molecular flexibility index (Phi) is 3.13. The summed E-state index contributed by atoms with van der Waals surface area (Å²) in [4.78, 5) is 11.4. The molecular weight excluding hydrogens is 176 g/mol. The molecule has 0 aromatic rings. The van der Waals surface area contributed by atoms with Crippen molar-refractivity contribution in [2.45, 2.75) is 38.2 Å². The molecule has 0 bridgehead atoms. The smallest absolute Gasteiger partial charge is 0.138 e. The minimum atomic E-state index is -1.00. The average Bonchev–Trinajstić information content (AvgIpc) is 2.05. The molecule has 70 valence electrons. The van der Waals surface area contributed by atoms with Crippen molar-refractivity contribution in [1.82, 2.24) is 0 Å². The summed E-state index contributed by atoms with van der Waals surface area (Å²) in [7, 11) is 0. The van der Waals surface area contributed by atoms with Crippen LogP contribution in [0.2, 0.25) is 0 Å². The molecule has 0 amide bonds. The van der Waals surface area contributed by atoms with E-state index < -0.39 is 5.60 Å². The summed E-state index contributed by atoms with van der Waals surface area (Å²) in [6, 6.07) is 0. The Morgan fingerprint density at radius 1 is 1.67 bits per heavy atom. The SMILES string of the molecule is C[C@](O)(CCl)[C@@H]1CCCCC1=O. The Balaban J connectivity index is 2.65. The van der Waals surface area contributed by atoms with Crippen LogP contribution in [0.25, 0.3) is 0 Å². The lowest BCUT2D eigenvalue weighted by atomic mass is 9.78. The predicted octanol–water partition coefficient (Wildman–Crippen LogP) is 1.74. The third-order valence-electron chi connectivity index (χ3n) is 2.58. The third-order valence-corrected chi connectivity index (χ3v) is 3.12. The second-order valence-electron chi connectivity index (χ2n) is 3.76. The molecule has 1 N–H and O–H groups in total. The lowest BCUT2D eigenvalue weighted by Gasteiger charge is -2.32. The fourth-order valence-electron chi connectivity index (χ4n) is 1.73. The van der Waals surface area contributed by atoms with E-state index in [2.05, 4.69) is 0 Å². The monoisotopic (exact) mass is 190 g/mol. The molecule has 0 aliphatic heterocycles. The molecule has 1 rings (SSSR count). The minimum Gasteiger partial charge on any atom is -0.388 e. The van der Waals surface area contributed by atoms with Crippen LogP contribution in [-0.2, 0) is 4.79 Å². The zero-order chi connectivity index (χ0) is 9.19. The maximum Gasteiger partial charge on any atom is 0.138 e. The Morgan fingerprint density at radius 2 is 2.33 bits per heavy atom. The second-order valence-corrected chi connectivity index (χ2v) is 4.02. The molecular formula is C9H15ClO2. The van der Waals surface area contributed by atoms with Gasteiger partial charge in [-0.2, -0.15) is 0 Å². The van der Waals surface area contributed by atoms with E-state index in [1.54, 1.807) is 6.92 Å². The van der Waals surface area contributed by atoms with E-state index >= 15 is 0 Å². The van der Waals surface area contributed by atoms with Crippen LogP contribution in [0.1, 0.15) is 32.6 Å². The van der Waals surface area contributed by atoms with Gasteiger partial charge >= 0.3 is 0 Å². The van der Waals surface area contributed by atoms with Crippen molar-refractivity contribution in [2.75, 3.05) is 5.88 Å². The van der Waals surface area contributed by atoms with Gasteiger partial charge in [0.2, 0.25) is 0 Å². The zero-order valence-corrected chi connectivity index (χ0v) is 8.10. The maximum absolute atomic E-state index is 11.4. The number of Topliss-reactive ketones (excluding diaryl/α,β-unsaturated/α-hetero) is 1. The Labute approximate surface area is 77.9 Å². The summed E-state index contributed by atoms with van der Waals surface area (Å²) in [6.07, 6.45) is 3.40. The van der Waals surface area contributed by atoms with E-state index in [0.717, 1.165) is 19.3 Å². The van der Waals surface area contributed by atoms with Gasteiger partial charge in [0.05, 0.1) is 11.5 Å². The molecule has 2 nitrogen and oxygen atoms in total. The highest BCUT2D eigenvalue weighted by Crippen LogP contribution is 2.30. The second kappa shape index (κ2) is 3.75. The number of halogens is 1. The van der Waals surface area contributed by atoms with Crippen molar-refractivity contribution >= 4 is 17.4 Å². The van der Waals surface area contributed by atoms with Gasteiger partial charge in [-0.05, 0) is 19.8 Å². The van der Waals surface area contributed by atoms with E-state index in [1.807, 2.05) is 0 Å². The first kappa shape index (κ1) is 10.0. The topological polar surface area (TPSA) is 37.3 Å². The number of ketones is 1. The Morgan fingerprint density at radius 3 is 2.83 bits per heavy atom.